The summed E-state index contributed by atoms with van der Waals surface area (Å²) >= 11 is 0. The van der Waals surface area contributed by atoms with Crippen molar-refractivity contribution < 1.29 is 86.0 Å². The fraction of sp³-hybridized carbons (Fsp3) is 0.760. The molecule has 0 aromatic rings. The molecule has 0 aromatic heterocycles. The summed E-state index contributed by atoms with van der Waals surface area (Å²) in [5.41, 5.74) is -2.56. The number of carbonyl (C=O) groups is 4. The zero-order chi connectivity index (χ0) is 49.8. The first kappa shape index (κ1) is 66.6. The summed E-state index contributed by atoms with van der Waals surface area (Å²) < 4.78 is 14.6. The number of methoxy groups -OCH3 is 1. The van der Waals surface area contributed by atoms with Crippen LogP contribution in [0.2, 0.25) is 0 Å². The molecule has 6 bridgehead atoms. The van der Waals surface area contributed by atoms with Gasteiger partial charge in [-0.1, -0.05) is 26.7 Å². The third-order valence-corrected chi connectivity index (χ3v) is 14.5. The zero-order valence-corrected chi connectivity index (χ0v) is 44.6. The molecular weight excluding hydrogens is 900 g/mol. The van der Waals surface area contributed by atoms with Crippen LogP contribution < -0.4 is 12.4 Å². The molecule has 6 N–H and O–H groups in total. The Morgan fingerprint density at radius 3 is 1.25 bits per heavy atom. The van der Waals surface area contributed by atoms with E-state index in [-0.39, 0.29) is 144 Å². The summed E-state index contributed by atoms with van der Waals surface area (Å²) in [5, 5.41) is 61.2. The van der Waals surface area contributed by atoms with E-state index in [0.717, 1.165) is 38.5 Å². The van der Waals surface area contributed by atoms with Crippen molar-refractivity contribution in [2.75, 3.05) is 7.11 Å². The van der Waals surface area contributed by atoms with Gasteiger partial charge in [-0.2, -0.15) is 9.59 Å². The summed E-state index contributed by atoms with van der Waals surface area (Å²) in [6.07, 6.45) is 4.79. The van der Waals surface area contributed by atoms with Crippen LogP contribution in [0.25, 0.3) is 0 Å². The van der Waals surface area contributed by atoms with Crippen LogP contribution in [-0.2, 0) is 43.0 Å². The zero-order valence-electron chi connectivity index (χ0n) is 42.5. The quantitative estimate of drug-likeness (QED) is 0.0483. The van der Waals surface area contributed by atoms with Gasteiger partial charge in [0.2, 0.25) is 0 Å². The van der Waals surface area contributed by atoms with E-state index in [0.29, 0.717) is 23.3 Å². The molecule has 0 amide bonds. The molecule has 6 aliphatic rings. The van der Waals surface area contributed by atoms with Crippen molar-refractivity contribution in [2.24, 2.45) is 71.0 Å². The third-order valence-electron chi connectivity index (χ3n) is 14.5. The van der Waals surface area contributed by atoms with Gasteiger partial charge >= 0.3 is 53.1 Å². The van der Waals surface area contributed by atoms with E-state index < -0.39 is 34.3 Å². The number of aliphatic hydroxyl groups is 6. The summed E-state index contributed by atoms with van der Waals surface area (Å²) in [5.74, 6) is 0.0678. The van der Waals surface area contributed by atoms with Crippen LogP contribution in [0.15, 0.2) is 36.5 Å². The molecule has 15 atom stereocenters. The summed E-state index contributed by atoms with van der Waals surface area (Å²) in [7, 11) is 1.42. The number of aliphatic hydroxyl groups excluding tert-OH is 2. The number of fused-ring (bicyclic) bond motifs is 6. The fourth-order valence-electron chi connectivity index (χ4n) is 12.3. The van der Waals surface area contributed by atoms with Crippen LogP contribution in [0.3, 0.4) is 0 Å². The maximum atomic E-state index is 11.8. The fourth-order valence-corrected chi connectivity index (χ4v) is 12.3. The Balaban J connectivity index is 0. The Morgan fingerprint density at radius 2 is 0.896 bits per heavy atom. The first-order valence-corrected chi connectivity index (χ1v) is 22.3. The third kappa shape index (κ3) is 16.8. The topological polar surface area (TPSA) is 251 Å². The minimum atomic E-state index is -0.904. The molecule has 0 heterocycles. The Labute approximate surface area is 421 Å². The second-order valence-corrected chi connectivity index (χ2v) is 21.5. The SMILES string of the molecule is C=C(C)C(=O)OC(=O)C(=C)C.C=C(C)C(=O)O[C@@H]1C[C@@H]2C[C@H]1[C@@H](C(C)(C)O)[C@@H]2C(C)(C)O.CC(C)(O)[C@@H]1[C@H]2C[C@@H]([C@H]1C(C)(C)O)[C@H](O)C2.COC(=O)[C@H]1[C@H](C)[C@H]2C[C@@H]1[C@H](O)C2.O=C=O.[CH3-].[Cl-].[Mg+2]. The van der Waals surface area contributed by atoms with Crippen molar-refractivity contribution >= 4 is 53.1 Å². The van der Waals surface area contributed by atoms with Crippen LogP contribution in [-0.4, -0.2) is 132 Å². The second kappa shape index (κ2) is 26.1. The largest absolute Gasteiger partial charge is 2.00 e. The van der Waals surface area contributed by atoms with E-state index in [1.54, 1.807) is 34.6 Å². The molecule has 0 radical (unpaired) electrons. The normalized spacial score (nSPS) is 32.6. The van der Waals surface area contributed by atoms with Crippen molar-refractivity contribution in [1.82, 2.24) is 0 Å². The van der Waals surface area contributed by atoms with Crippen LogP contribution in [0, 0.1) is 78.4 Å². The Bertz CT molecular complexity index is 1720. The summed E-state index contributed by atoms with van der Waals surface area (Å²) in [6, 6.07) is 0. The average Bonchev–Trinajstić information content (AvgIpc) is 4.00. The first-order valence-electron chi connectivity index (χ1n) is 22.3. The van der Waals surface area contributed by atoms with Gasteiger partial charge in [-0.3, -0.25) is 4.79 Å². The summed E-state index contributed by atoms with van der Waals surface area (Å²) in [4.78, 5) is 60.8. The molecule has 0 unspecified atom stereocenters. The first-order chi connectivity index (χ1) is 29.1. The minimum absolute atomic E-state index is 0. The number of rotatable bonds is 9. The Morgan fingerprint density at radius 1 is 0.567 bits per heavy atom. The molecular formula is C50H81ClMgO15. The predicted molar refractivity (Wildman–Crippen MR) is 247 cm³/mol. The molecule has 380 valence electrons. The van der Waals surface area contributed by atoms with E-state index in [9.17, 15) is 49.8 Å². The van der Waals surface area contributed by atoms with Gasteiger partial charge in [0.05, 0.1) is 47.6 Å². The van der Waals surface area contributed by atoms with Gasteiger partial charge in [-0.15, -0.1) is 0 Å². The molecule has 0 aromatic carbocycles. The van der Waals surface area contributed by atoms with E-state index in [2.05, 4.69) is 31.4 Å². The van der Waals surface area contributed by atoms with Crippen LogP contribution in [0.1, 0.15) is 122 Å². The van der Waals surface area contributed by atoms with E-state index in [1.165, 1.54) is 21.0 Å². The van der Waals surface area contributed by atoms with Gasteiger partial charge in [-0.25, -0.2) is 14.4 Å². The molecule has 6 aliphatic carbocycles. The predicted octanol–water partition coefficient (Wildman–Crippen LogP) is 1.96. The van der Waals surface area contributed by atoms with Gasteiger partial charge in [0.25, 0.3) is 0 Å². The molecule has 0 saturated heterocycles. The molecule has 6 fully saturated rings. The number of hydrogen-bond donors (Lipinski definition) is 6. The molecule has 6 rings (SSSR count). The number of esters is 4. The van der Waals surface area contributed by atoms with E-state index in [4.69, 9.17) is 19.1 Å². The number of carbonyl (C=O) groups excluding carboxylic acids is 6. The molecule has 0 spiro atoms. The summed E-state index contributed by atoms with van der Waals surface area (Å²) in [6.45, 7) is 31.3. The van der Waals surface area contributed by atoms with Crippen LogP contribution in [0.4, 0.5) is 0 Å². The van der Waals surface area contributed by atoms with Crippen LogP contribution in [0.5, 0.6) is 0 Å². The maximum Gasteiger partial charge on any atom is 2.00 e. The van der Waals surface area contributed by atoms with E-state index in [1.807, 2.05) is 27.7 Å². The monoisotopic (exact) mass is 981 g/mol. The number of ether oxygens (including phenoxy) is 3. The van der Waals surface area contributed by atoms with Crippen LogP contribution >= 0.6 is 0 Å². The van der Waals surface area contributed by atoms with Crippen molar-refractivity contribution in [3.8, 4) is 0 Å². The number of halogens is 1. The standard InChI is InChI=1S/C17H28O4.C13H24O3.C10H16O3.C8H10O3.CO2.CH3.ClH.Mg/c1-9(2)15(18)21-12-8-10-7-11(12)14(17(5,6)20)13(10)16(3,4)19;1-12(2,15)10-7-5-8(9(14)6-7)11(10)13(3,4)16;1-5-6-3-7(8(11)4-6)9(5)10(12)13-2;1-5(2)7(9)11-8(10)6(3)4;2-1-3;;;/h10-14,19-20H,1,7-8H2,2-6H3;7-11,14-16H,5-6H2,1-4H3;5-9,11H,3-4H2,1-2H3;1,3H2,2,4H3;;1H3;1H;/q;;;;;-1;;+2/p-1/t10-,11+,12+,13+,14+;7-,8+,9+,10+,11+;5-,6+,7-,8-,9+;;;;;/m001...../s1. The smallest absolute Gasteiger partial charge is 1.00 e. The van der Waals surface area contributed by atoms with E-state index >= 15 is 0 Å². The molecule has 15 nitrogen and oxygen atoms in total. The van der Waals surface area contributed by atoms with Crippen molar-refractivity contribution in [2.45, 2.75) is 162 Å². The Kier molecular flexibility index (Phi) is 25.9. The van der Waals surface area contributed by atoms with Gasteiger partial charge in [0, 0.05) is 22.6 Å². The minimum Gasteiger partial charge on any atom is -1.00 e. The van der Waals surface area contributed by atoms with Gasteiger partial charge in [-0.05, 0) is 174 Å². The van der Waals surface area contributed by atoms with Crippen molar-refractivity contribution in [3.63, 3.8) is 0 Å². The molecule has 0 aliphatic heterocycles. The molecule has 6 saturated carbocycles. The average molecular weight is 982 g/mol. The Hall–Kier alpha value is -2.50. The molecule has 17 heteroatoms. The second-order valence-electron chi connectivity index (χ2n) is 21.5. The maximum absolute atomic E-state index is 11.8. The van der Waals surface area contributed by atoms with Crippen molar-refractivity contribution in [3.05, 3.63) is 43.9 Å². The van der Waals surface area contributed by atoms with Gasteiger partial charge in [0.15, 0.2) is 0 Å². The van der Waals surface area contributed by atoms with Gasteiger partial charge < -0.3 is 64.7 Å². The van der Waals surface area contributed by atoms with Crippen molar-refractivity contribution in [1.29, 1.82) is 0 Å². The molecule has 67 heavy (non-hydrogen) atoms. The van der Waals surface area contributed by atoms with Gasteiger partial charge in [0.1, 0.15) is 6.10 Å². The number of hydrogen-bond acceptors (Lipinski definition) is 15.